The second kappa shape index (κ2) is 3.25. The zero-order valence-corrected chi connectivity index (χ0v) is 7.15. The second-order valence-corrected chi connectivity index (χ2v) is 2.30. The molecule has 5 nitrogen and oxygen atoms in total. The lowest BCUT2D eigenvalue weighted by molar-refractivity contribution is 0.361. The highest BCUT2D eigenvalue weighted by molar-refractivity contribution is 4.92. The summed E-state index contributed by atoms with van der Waals surface area (Å²) in [5.74, 6) is 0. The lowest BCUT2D eigenvalue weighted by atomic mass is 10.6. The van der Waals surface area contributed by atoms with Crippen LogP contribution in [0.2, 0.25) is 0 Å². The Balaban J connectivity index is 3.15. The van der Waals surface area contributed by atoms with Crippen LogP contribution in [0.15, 0.2) is 17.4 Å². The van der Waals surface area contributed by atoms with Gasteiger partial charge in [0.05, 0.1) is 13.7 Å². The van der Waals surface area contributed by atoms with Crippen molar-refractivity contribution in [2.45, 2.75) is 6.54 Å². The number of methoxy groups -OCH3 is 1. The van der Waals surface area contributed by atoms with Crippen molar-refractivity contribution in [3.8, 4) is 6.01 Å². The van der Waals surface area contributed by atoms with Crippen molar-refractivity contribution in [3.63, 3.8) is 0 Å². The van der Waals surface area contributed by atoms with Gasteiger partial charge in [0, 0.05) is 7.05 Å². The van der Waals surface area contributed by atoms with Crippen molar-refractivity contribution in [2.24, 2.45) is 7.05 Å². The molecule has 0 aromatic carbocycles. The zero-order valence-electron chi connectivity index (χ0n) is 7.15. The summed E-state index contributed by atoms with van der Waals surface area (Å²) < 4.78 is 7.47. The molecule has 0 saturated carbocycles. The molecule has 66 valence electrons. The van der Waals surface area contributed by atoms with Gasteiger partial charge in [0.25, 0.3) is 0 Å². The number of ether oxygens (including phenoxy) is 1. The van der Waals surface area contributed by atoms with Gasteiger partial charge in [0.2, 0.25) is 0 Å². The summed E-state index contributed by atoms with van der Waals surface area (Å²) in [4.78, 5) is 11.3. The lowest BCUT2D eigenvalue weighted by Gasteiger charge is -1.92. The molecule has 0 amide bonds. The van der Waals surface area contributed by atoms with E-state index in [0.717, 1.165) is 0 Å². The highest BCUT2D eigenvalue weighted by Gasteiger charge is 2.07. The van der Waals surface area contributed by atoms with Crippen molar-refractivity contribution in [1.29, 1.82) is 0 Å². The van der Waals surface area contributed by atoms with E-state index in [2.05, 4.69) is 11.7 Å². The normalized spacial score (nSPS) is 9.83. The van der Waals surface area contributed by atoms with E-state index >= 15 is 0 Å². The smallest absolute Gasteiger partial charge is 0.348 e. The van der Waals surface area contributed by atoms with Crippen LogP contribution < -0.4 is 10.4 Å². The molecule has 0 saturated heterocycles. The number of aromatic nitrogens is 3. The minimum atomic E-state index is -0.202. The minimum Gasteiger partial charge on any atom is -0.467 e. The molecular weight excluding hydrogens is 158 g/mol. The average Bonchev–Trinajstić information content (AvgIpc) is 2.33. The first kappa shape index (κ1) is 8.58. The molecular formula is C7H11N3O2. The molecule has 0 aliphatic heterocycles. The SMILES string of the molecule is C=CCn1nc(OC)n(C)c1=O. The first-order valence-electron chi connectivity index (χ1n) is 3.49. The molecule has 0 fully saturated rings. The van der Waals surface area contributed by atoms with E-state index in [0.29, 0.717) is 12.6 Å². The second-order valence-electron chi connectivity index (χ2n) is 2.30. The molecule has 0 atom stereocenters. The Morgan fingerprint density at radius 1 is 1.75 bits per heavy atom. The first-order valence-corrected chi connectivity index (χ1v) is 3.49. The minimum absolute atomic E-state index is 0.202. The van der Waals surface area contributed by atoms with Crippen LogP contribution in [0.3, 0.4) is 0 Å². The Morgan fingerprint density at radius 3 is 2.83 bits per heavy atom. The fourth-order valence-corrected chi connectivity index (χ4v) is 0.887. The molecule has 5 heteroatoms. The van der Waals surface area contributed by atoms with Gasteiger partial charge in [0.15, 0.2) is 0 Å². The molecule has 0 unspecified atom stereocenters. The molecule has 0 radical (unpaired) electrons. The van der Waals surface area contributed by atoms with Crippen molar-refractivity contribution in [2.75, 3.05) is 7.11 Å². The van der Waals surface area contributed by atoms with E-state index in [9.17, 15) is 4.79 Å². The van der Waals surface area contributed by atoms with Crippen LogP contribution in [0.5, 0.6) is 6.01 Å². The summed E-state index contributed by atoms with van der Waals surface area (Å²) in [7, 11) is 3.08. The van der Waals surface area contributed by atoms with Gasteiger partial charge >= 0.3 is 11.7 Å². The van der Waals surface area contributed by atoms with E-state index in [1.807, 2.05) is 0 Å². The average molecular weight is 169 g/mol. The van der Waals surface area contributed by atoms with E-state index in [1.165, 1.54) is 16.4 Å². The molecule has 1 heterocycles. The van der Waals surface area contributed by atoms with Crippen LogP contribution in [-0.2, 0) is 13.6 Å². The van der Waals surface area contributed by atoms with Gasteiger partial charge in [-0.1, -0.05) is 6.08 Å². The summed E-state index contributed by atoms with van der Waals surface area (Å²) in [6.07, 6.45) is 1.60. The lowest BCUT2D eigenvalue weighted by Crippen LogP contribution is -2.22. The zero-order chi connectivity index (χ0) is 9.14. The standard InChI is InChI=1S/C7H11N3O2/c1-4-5-10-7(11)9(2)6(8-10)12-3/h4H,1,5H2,2-3H3. The van der Waals surface area contributed by atoms with Crippen molar-refractivity contribution >= 4 is 0 Å². The summed E-state index contributed by atoms with van der Waals surface area (Å²) in [6, 6.07) is 0.307. The molecule has 1 rings (SSSR count). The molecule has 0 N–H and O–H groups in total. The van der Waals surface area contributed by atoms with E-state index in [-0.39, 0.29) is 5.69 Å². The third-order valence-corrected chi connectivity index (χ3v) is 1.49. The van der Waals surface area contributed by atoms with Crippen LogP contribution in [-0.4, -0.2) is 21.5 Å². The van der Waals surface area contributed by atoms with Crippen LogP contribution in [0.4, 0.5) is 0 Å². The molecule has 1 aromatic heterocycles. The summed E-state index contributed by atoms with van der Waals surface area (Å²) in [6.45, 7) is 3.91. The largest absolute Gasteiger partial charge is 0.467 e. The van der Waals surface area contributed by atoms with E-state index in [1.54, 1.807) is 13.1 Å². The highest BCUT2D eigenvalue weighted by atomic mass is 16.5. The van der Waals surface area contributed by atoms with Gasteiger partial charge in [-0.15, -0.1) is 11.7 Å². The maximum Gasteiger partial charge on any atom is 0.348 e. The van der Waals surface area contributed by atoms with Crippen molar-refractivity contribution in [3.05, 3.63) is 23.1 Å². The van der Waals surface area contributed by atoms with Gasteiger partial charge in [-0.3, -0.25) is 0 Å². The van der Waals surface area contributed by atoms with Crippen molar-refractivity contribution in [1.82, 2.24) is 14.3 Å². The molecule has 1 aromatic rings. The number of hydrogen-bond donors (Lipinski definition) is 0. The predicted molar refractivity (Wildman–Crippen MR) is 44.2 cm³/mol. The third kappa shape index (κ3) is 1.25. The van der Waals surface area contributed by atoms with Crippen LogP contribution in [0, 0.1) is 0 Å². The fraction of sp³-hybridized carbons (Fsp3) is 0.429. The van der Waals surface area contributed by atoms with E-state index < -0.39 is 0 Å². The Hall–Kier alpha value is -1.52. The van der Waals surface area contributed by atoms with Crippen LogP contribution >= 0.6 is 0 Å². The Morgan fingerprint density at radius 2 is 2.42 bits per heavy atom. The molecule has 0 aliphatic rings. The fourth-order valence-electron chi connectivity index (χ4n) is 0.887. The maximum absolute atomic E-state index is 11.3. The third-order valence-electron chi connectivity index (χ3n) is 1.49. The quantitative estimate of drug-likeness (QED) is 0.587. The molecule has 0 bridgehead atoms. The van der Waals surface area contributed by atoms with Gasteiger partial charge in [-0.05, 0) is 0 Å². The van der Waals surface area contributed by atoms with Crippen LogP contribution in [0.1, 0.15) is 0 Å². The topological polar surface area (TPSA) is 49.0 Å². The summed E-state index contributed by atoms with van der Waals surface area (Å²) in [5.41, 5.74) is -0.202. The number of hydrogen-bond acceptors (Lipinski definition) is 3. The highest BCUT2D eigenvalue weighted by Crippen LogP contribution is 1.98. The summed E-state index contributed by atoms with van der Waals surface area (Å²) >= 11 is 0. The molecule has 12 heavy (non-hydrogen) atoms. The van der Waals surface area contributed by atoms with Gasteiger partial charge in [-0.2, -0.15) is 0 Å². The first-order chi connectivity index (χ1) is 5.70. The summed E-state index contributed by atoms with van der Waals surface area (Å²) in [5, 5.41) is 3.89. The predicted octanol–water partition coefficient (Wildman–Crippen LogP) is -0.224. The van der Waals surface area contributed by atoms with Gasteiger partial charge in [0.1, 0.15) is 0 Å². The number of nitrogens with zero attached hydrogens (tertiary/aromatic N) is 3. The number of allylic oxidation sites excluding steroid dienone is 1. The Kier molecular flexibility index (Phi) is 2.32. The van der Waals surface area contributed by atoms with Crippen molar-refractivity contribution < 1.29 is 4.74 Å². The van der Waals surface area contributed by atoms with Gasteiger partial charge in [-0.25, -0.2) is 14.0 Å². The number of rotatable bonds is 3. The molecule has 0 spiro atoms. The Bertz CT molecular complexity index is 337. The van der Waals surface area contributed by atoms with Crippen LogP contribution in [0.25, 0.3) is 0 Å². The molecule has 0 aliphatic carbocycles. The Labute approximate surface area is 69.9 Å². The monoisotopic (exact) mass is 169 g/mol. The van der Waals surface area contributed by atoms with Gasteiger partial charge < -0.3 is 4.74 Å². The maximum atomic E-state index is 11.3. The van der Waals surface area contributed by atoms with E-state index in [4.69, 9.17) is 4.74 Å².